The number of nitrogens with one attached hydrogen (secondary N) is 1. The van der Waals surface area contributed by atoms with E-state index in [9.17, 15) is 9.90 Å². The van der Waals surface area contributed by atoms with E-state index in [1.165, 1.54) is 0 Å². The summed E-state index contributed by atoms with van der Waals surface area (Å²) in [5, 5.41) is 12.5. The van der Waals surface area contributed by atoms with Crippen LogP contribution < -0.4 is 11.1 Å². The van der Waals surface area contributed by atoms with Gasteiger partial charge in [0, 0.05) is 0 Å². The van der Waals surface area contributed by atoms with Crippen LogP contribution in [0.3, 0.4) is 0 Å². The number of hydrogen-bond donors (Lipinski definition) is 3. The number of rotatable bonds is 3. The van der Waals surface area contributed by atoms with Gasteiger partial charge in [-0.05, 0) is 37.0 Å². The highest BCUT2D eigenvalue weighted by Gasteiger charge is 2.37. The Morgan fingerprint density at radius 1 is 1.44 bits per heavy atom. The van der Waals surface area contributed by atoms with Crippen molar-refractivity contribution in [2.45, 2.75) is 44.6 Å². The van der Waals surface area contributed by atoms with Crippen molar-refractivity contribution in [1.82, 2.24) is 0 Å². The second kappa shape index (κ2) is 4.98. The van der Waals surface area contributed by atoms with Crippen LogP contribution in [0.5, 0.6) is 5.75 Å². The lowest BCUT2D eigenvalue weighted by atomic mass is 9.98. The number of anilines is 1. The summed E-state index contributed by atoms with van der Waals surface area (Å²) in [5.74, 6) is -0.106. The zero-order valence-electron chi connectivity index (χ0n) is 10.7. The van der Waals surface area contributed by atoms with E-state index < -0.39 is 5.54 Å². The van der Waals surface area contributed by atoms with Crippen LogP contribution >= 0.6 is 0 Å². The number of carbonyl (C=O) groups excluding carboxylic acids is 1. The van der Waals surface area contributed by atoms with Crippen LogP contribution in [-0.2, 0) is 11.2 Å². The van der Waals surface area contributed by atoms with E-state index in [2.05, 4.69) is 5.32 Å². The van der Waals surface area contributed by atoms with E-state index in [4.69, 9.17) is 5.73 Å². The lowest BCUT2D eigenvalue weighted by Crippen LogP contribution is -2.48. The summed E-state index contributed by atoms with van der Waals surface area (Å²) in [6, 6.07) is 5.25. The first-order chi connectivity index (χ1) is 8.55. The summed E-state index contributed by atoms with van der Waals surface area (Å²) in [4.78, 5) is 12.1. The predicted octanol–water partition coefficient (Wildman–Crippen LogP) is 2.16. The molecule has 18 heavy (non-hydrogen) atoms. The number of amides is 1. The molecule has 0 atom stereocenters. The van der Waals surface area contributed by atoms with Gasteiger partial charge in [0.15, 0.2) is 0 Å². The molecule has 4 N–H and O–H groups in total. The molecule has 0 heterocycles. The zero-order valence-corrected chi connectivity index (χ0v) is 10.7. The molecule has 2 rings (SSSR count). The Labute approximate surface area is 107 Å². The van der Waals surface area contributed by atoms with Crippen LogP contribution in [0.2, 0.25) is 0 Å². The van der Waals surface area contributed by atoms with Gasteiger partial charge in [-0.1, -0.05) is 25.8 Å². The van der Waals surface area contributed by atoms with Crippen LogP contribution in [0, 0.1) is 0 Å². The van der Waals surface area contributed by atoms with Crippen LogP contribution in [0.25, 0.3) is 0 Å². The number of phenols is 1. The molecule has 1 aromatic rings. The second-order valence-electron chi connectivity index (χ2n) is 5.02. The molecule has 1 aromatic carbocycles. The monoisotopic (exact) mass is 248 g/mol. The van der Waals surface area contributed by atoms with Crippen molar-refractivity contribution in [3.63, 3.8) is 0 Å². The van der Waals surface area contributed by atoms with Gasteiger partial charge in [0.05, 0.1) is 11.2 Å². The van der Waals surface area contributed by atoms with Crippen LogP contribution in [0.1, 0.15) is 38.2 Å². The zero-order chi connectivity index (χ0) is 13.2. The van der Waals surface area contributed by atoms with Gasteiger partial charge >= 0.3 is 0 Å². The number of hydrogen-bond acceptors (Lipinski definition) is 3. The Bertz CT molecular complexity index is 451. The van der Waals surface area contributed by atoms with E-state index in [1.807, 2.05) is 13.0 Å². The fourth-order valence-electron chi connectivity index (χ4n) is 2.38. The highest BCUT2D eigenvalue weighted by Crippen LogP contribution is 2.30. The van der Waals surface area contributed by atoms with Gasteiger partial charge in [-0.25, -0.2) is 0 Å². The minimum atomic E-state index is -0.769. The molecule has 0 unspecified atom stereocenters. The third-order valence-electron chi connectivity index (χ3n) is 3.67. The topological polar surface area (TPSA) is 75.3 Å². The molecule has 1 fully saturated rings. The minimum absolute atomic E-state index is 0.0853. The SMILES string of the molecule is CCc1ccc(O)c(NC(=O)C2(N)CCCC2)c1. The van der Waals surface area contributed by atoms with E-state index in [-0.39, 0.29) is 11.7 Å². The lowest BCUT2D eigenvalue weighted by Gasteiger charge is -2.22. The molecule has 0 spiro atoms. The van der Waals surface area contributed by atoms with Gasteiger partial charge in [-0.3, -0.25) is 4.79 Å². The number of phenolic OH excluding ortho intramolecular Hbond substituents is 1. The molecular formula is C14H20N2O2. The highest BCUT2D eigenvalue weighted by molar-refractivity contribution is 5.99. The number of aryl methyl sites for hydroxylation is 1. The van der Waals surface area contributed by atoms with E-state index in [0.29, 0.717) is 18.5 Å². The predicted molar refractivity (Wildman–Crippen MR) is 71.5 cm³/mol. The Morgan fingerprint density at radius 3 is 2.72 bits per heavy atom. The van der Waals surface area contributed by atoms with Crippen LogP contribution in [0.15, 0.2) is 18.2 Å². The Morgan fingerprint density at radius 2 is 2.11 bits per heavy atom. The number of carbonyl (C=O) groups is 1. The summed E-state index contributed by atoms with van der Waals surface area (Å²) < 4.78 is 0. The van der Waals surface area contributed by atoms with Crippen molar-refractivity contribution in [1.29, 1.82) is 0 Å². The smallest absolute Gasteiger partial charge is 0.244 e. The fraction of sp³-hybridized carbons (Fsp3) is 0.500. The summed E-state index contributed by atoms with van der Waals surface area (Å²) in [6.45, 7) is 2.03. The molecule has 1 amide bonds. The number of benzene rings is 1. The molecule has 1 aliphatic carbocycles. The van der Waals surface area contributed by atoms with E-state index >= 15 is 0 Å². The molecule has 1 aliphatic rings. The van der Waals surface area contributed by atoms with Crippen molar-refractivity contribution in [3.8, 4) is 5.75 Å². The molecule has 0 aliphatic heterocycles. The summed E-state index contributed by atoms with van der Waals surface area (Å²) in [7, 11) is 0. The van der Waals surface area contributed by atoms with Gasteiger partial charge in [-0.2, -0.15) is 0 Å². The summed E-state index contributed by atoms with van der Waals surface area (Å²) in [5.41, 5.74) is 6.83. The molecule has 1 saturated carbocycles. The minimum Gasteiger partial charge on any atom is -0.506 e. The summed E-state index contributed by atoms with van der Waals surface area (Å²) in [6.07, 6.45) is 4.27. The van der Waals surface area contributed by atoms with E-state index in [1.54, 1.807) is 12.1 Å². The van der Waals surface area contributed by atoms with Crippen molar-refractivity contribution in [2.24, 2.45) is 5.73 Å². The number of nitrogens with two attached hydrogens (primary N) is 1. The molecule has 0 saturated heterocycles. The molecule has 0 radical (unpaired) electrons. The van der Waals surface area contributed by atoms with Gasteiger partial charge in [0.1, 0.15) is 5.75 Å². The lowest BCUT2D eigenvalue weighted by molar-refractivity contribution is -0.121. The third kappa shape index (κ3) is 2.48. The quantitative estimate of drug-likeness (QED) is 0.717. The normalized spacial score (nSPS) is 17.7. The van der Waals surface area contributed by atoms with E-state index in [0.717, 1.165) is 24.8 Å². The van der Waals surface area contributed by atoms with Crippen LogP contribution in [0.4, 0.5) is 5.69 Å². The van der Waals surface area contributed by atoms with Gasteiger partial charge in [0.2, 0.25) is 5.91 Å². The molecule has 0 bridgehead atoms. The fourth-order valence-corrected chi connectivity index (χ4v) is 2.38. The highest BCUT2D eigenvalue weighted by atomic mass is 16.3. The first kappa shape index (κ1) is 12.9. The first-order valence-corrected chi connectivity index (χ1v) is 6.47. The second-order valence-corrected chi connectivity index (χ2v) is 5.02. The molecule has 98 valence electrons. The van der Waals surface area contributed by atoms with Crippen molar-refractivity contribution in [2.75, 3.05) is 5.32 Å². The molecular weight excluding hydrogens is 228 g/mol. The first-order valence-electron chi connectivity index (χ1n) is 6.47. The Balaban J connectivity index is 2.16. The van der Waals surface area contributed by atoms with Crippen LogP contribution in [-0.4, -0.2) is 16.6 Å². The molecule has 0 aromatic heterocycles. The maximum absolute atomic E-state index is 12.1. The standard InChI is InChI=1S/C14H20N2O2/c1-2-10-5-6-12(17)11(9-10)16-13(18)14(15)7-3-4-8-14/h5-6,9,17H,2-4,7-8,15H2,1H3,(H,16,18). The third-order valence-corrected chi connectivity index (χ3v) is 3.67. The van der Waals surface area contributed by atoms with Gasteiger partial charge in [0.25, 0.3) is 0 Å². The summed E-state index contributed by atoms with van der Waals surface area (Å²) >= 11 is 0. The maximum atomic E-state index is 12.1. The van der Waals surface area contributed by atoms with Crippen molar-refractivity contribution >= 4 is 11.6 Å². The molecule has 4 nitrogen and oxygen atoms in total. The Hall–Kier alpha value is -1.55. The van der Waals surface area contributed by atoms with Gasteiger partial charge in [-0.15, -0.1) is 0 Å². The Kier molecular flexibility index (Phi) is 3.57. The maximum Gasteiger partial charge on any atom is 0.244 e. The number of aromatic hydroxyl groups is 1. The molecule has 4 heteroatoms. The van der Waals surface area contributed by atoms with Crippen molar-refractivity contribution in [3.05, 3.63) is 23.8 Å². The average molecular weight is 248 g/mol. The van der Waals surface area contributed by atoms with Gasteiger partial charge < -0.3 is 16.2 Å². The average Bonchev–Trinajstić information content (AvgIpc) is 2.80. The van der Waals surface area contributed by atoms with Crippen molar-refractivity contribution < 1.29 is 9.90 Å². The largest absolute Gasteiger partial charge is 0.506 e.